The molecule has 0 heterocycles. The molecule has 132 valence electrons. The van der Waals surface area contributed by atoms with E-state index < -0.39 is 0 Å². The topological polar surface area (TPSA) is 58.6 Å². The van der Waals surface area contributed by atoms with Crippen molar-refractivity contribution in [1.29, 1.82) is 0 Å². The number of nitrogens with zero attached hydrogens (tertiary/aromatic N) is 1. The largest absolute Gasteiger partial charge is 0.495 e. The molecule has 0 radical (unpaired) electrons. The van der Waals surface area contributed by atoms with Crippen LogP contribution >= 0.6 is 11.6 Å². The van der Waals surface area contributed by atoms with Crippen LogP contribution < -0.4 is 10.1 Å². The Balaban J connectivity index is 2.08. The Morgan fingerprint density at radius 3 is 2.44 bits per heavy atom. The molecule has 0 aliphatic heterocycles. The van der Waals surface area contributed by atoms with Gasteiger partial charge < -0.3 is 15.0 Å². The van der Waals surface area contributed by atoms with E-state index in [9.17, 15) is 9.59 Å². The Morgan fingerprint density at radius 1 is 1.20 bits per heavy atom. The van der Waals surface area contributed by atoms with Gasteiger partial charge in [0.05, 0.1) is 18.2 Å². The molecule has 1 N–H and O–H groups in total. The van der Waals surface area contributed by atoms with Crippen molar-refractivity contribution in [3.05, 3.63) is 59.1 Å². The van der Waals surface area contributed by atoms with Crippen LogP contribution in [0.1, 0.15) is 25.5 Å². The zero-order valence-electron chi connectivity index (χ0n) is 14.5. The van der Waals surface area contributed by atoms with Crippen LogP contribution in [0.25, 0.3) is 0 Å². The number of halogens is 1. The lowest BCUT2D eigenvalue weighted by atomic mass is 10.1. The number of benzene rings is 2. The Kier molecular flexibility index (Phi) is 6.42. The number of nitrogens with one attached hydrogen (secondary N) is 1. The van der Waals surface area contributed by atoms with Gasteiger partial charge in [-0.25, -0.2) is 0 Å². The third kappa shape index (κ3) is 4.97. The summed E-state index contributed by atoms with van der Waals surface area (Å²) in [7, 11) is 1.52. The number of ether oxygens (including phenoxy) is 1. The smallest absolute Gasteiger partial charge is 0.244 e. The fraction of sp³-hybridized carbons (Fsp3) is 0.263. The highest BCUT2D eigenvalue weighted by molar-refractivity contribution is 6.32. The minimum atomic E-state index is -0.292. The summed E-state index contributed by atoms with van der Waals surface area (Å²) in [4.78, 5) is 25.9. The van der Waals surface area contributed by atoms with Crippen molar-refractivity contribution in [2.24, 2.45) is 0 Å². The minimum absolute atomic E-state index is 0.0466. The molecule has 0 aliphatic carbocycles. The Morgan fingerprint density at radius 2 is 1.88 bits per heavy atom. The van der Waals surface area contributed by atoms with Gasteiger partial charge in [-0.15, -0.1) is 0 Å². The van der Waals surface area contributed by atoms with Crippen molar-refractivity contribution in [2.45, 2.75) is 19.9 Å². The molecule has 2 aromatic carbocycles. The third-order valence-corrected chi connectivity index (χ3v) is 4.20. The van der Waals surface area contributed by atoms with Gasteiger partial charge in [-0.2, -0.15) is 0 Å². The zero-order valence-corrected chi connectivity index (χ0v) is 15.2. The van der Waals surface area contributed by atoms with Crippen molar-refractivity contribution < 1.29 is 14.3 Å². The van der Waals surface area contributed by atoms with E-state index in [1.165, 1.54) is 18.9 Å². The molecule has 2 rings (SSSR count). The summed E-state index contributed by atoms with van der Waals surface area (Å²) in [6, 6.07) is 14.4. The maximum absolute atomic E-state index is 12.3. The third-order valence-electron chi connectivity index (χ3n) is 3.90. The summed E-state index contributed by atoms with van der Waals surface area (Å²) in [5.41, 5.74) is 1.52. The molecule has 0 fully saturated rings. The lowest BCUT2D eigenvalue weighted by Gasteiger charge is -2.28. The van der Waals surface area contributed by atoms with E-state index in [1.54, 1.807) is 18.2 Å². The Hall–Kier alpha value is -2.53. The monoisotopic (exact) mass is 360 g/mol. The van der Waals surface area contributed by atoms with E-state index in [0.29, 0.717) is 16.5 Å². The summed E-state index contributed by atoms with van der Waals surface area (Å²) in [6.07, 6.45) is 0. The van der Waals surface area contributed by atoms with E-state index in [0.717, 1.165) is 5.56 Å². The number of methoxy groups -OCH3 is 1. The maximum Gasteiger partial charge on any atom is 0.244 e. The normalized spacial score (nSPS) is 11.5. The molecular formula is C19H21ClN2O3. The first kappa shape index (κ1) is 18.8. The molecule has 1 atom stereocenters. The molecule has 2 amide bonds. The van der Waals surface area contributed by atoms with Crippen LogP contribution in [0, 0.1) is 0 Å². The Bertz CT molecular complexity index is 750. The van der Waals surface area contributed by atoms with Gasteiger partial charge in [0.1, 0.15) is 12.3 Å². The molecule has 1 unspecified atom stereocenters. The molecule has 5 nitrogen and oxygen atoms in total. The minimum Gasteiger partial charge on any atom is -0.495 e. The van der Waals surface area contributed by atoms with Crippen molar-refractivity contribution in [1.82, 2.24) is 4.90 Å². The molecule has 25 heavy (non-hydrogen) atoms. The van der Waals surface area contributed by atoms with E-state index >= 15 is 0 Å². The van der Waals surface area contributed by atoms with E-state index in [4.69, 9.17) is 16.3 Å². The van der Waals surface area contributed by atoms with Crippen LogP contribution in [0.2, 0.25) is 5.02 Å². The van der Waals surface area contributed by atoms with Crippen LogP contribution in [-0.2, 0) is 9.59 Å². The van der Waals surface area contributed by atoms with Crippen molar-refractivity contribution >= 4 is 29.1 Å². The lowest BCUT2D eigenvalue weighted by molar-refractivity contribution is -0.134. The van der Waals surface area contributed by atoms with Crippen LogP contribution in [0.3, 0.4) is 0 Å². The SMILES string of the molecule is COc1ccc(NC(=O)CN(C(C)=O)C(C)c2ccccc2)cc1Cl. The fourth-order valence-corrected chi connectivity index (χ4v) is 2.79. The predicted molar refractivity (Wildman–Crippen MR) is 98.9 cm³/mol. The summed E-state index contributed by atoms with van der Waals surface area (Å²) in [5.74, 6) is 0.0706. The van der Waals surface area contributed by atoms with Gasteiger partial charge in [0, 0.05) is 12.6 Å². The summed E-state index contributed by atoms with van der Waals surface area (Å²) >= 11 is 6.06. The number of rotatable bonds is 6. The van der Waals surface area contributed by atoms with Crippen LogP contribution in [0.5, 0.6) is 5.75 Å². The molecule has 0 bridgehead atoms. The van der Waals surface area contributed by atoms with Crippen LogP contribution in [0.4, 0.5) is 5.69 Å². The molecule has 0 saturated carbocycles. The second-order valence-corrected chi connectivity index (χ2v) is 6.04. The van der Waals surface area contributed by atoms with Crippen molar-refractivity contribution in [2.75, 3.05) is 19.0 Å². The van der Waals surface area contributed by atoms with E-state index in [2.05, 4.69) is 5.32 Å². The maximum atomic E-state index is 12.3. The summed E-state index contributed by atoms with van der Waals surface area (Å²) < 4.78 is 5.08. The number of carbonyl (C=O) groups excluding carboxylic acids is 2. The van der Waals surface area contributed by atoms with Gasteiger partial charge in [-0.1, -0.05) is 41.9 Å². The average Bonchev–Trinajstić information content (AvgIpc) is 2.60. The molecule has 0 aliphatic rings. The van der Waals surface area contributed by atoms with Gasteiger partial charge in [0.2, 0.25) is 11.8 Å². The summed E-state index contributed by atoms with van der Waals surface area (Å²) in [6.45, 7) is 3.31. The van der Waals surface area contributed by atoms with Crippen LogP contribution in [-0.4, -0.2) is 30.4 Å². The average molecular weight is 361 g/mol. The fourth-order valence-electron chi connectivity index (χ4n) is 2.53. The van der Waals surface area contributed by atoms with Gasteiger partial charge in [0.25, 0.3) is 0 Å². The quantitative estimate of drug-likeness (QED) is 0.850. The lowest BCUT2D eigenvalue weighted by Crippen LogP contribution is -2.38. The van der Waals surface area contributed by atoms with E-state index in [1.807, 2.05) is 37.3 Å². The first-order chi connectivity index (χ1) is 11.9. The van der Waals surface area contributed by atoms with Crippen molar-refractivity contribution in [3.63, 3.8) is 0 Å². The molecule has 2 aromatic rings. The van der Waals surface area contributed by atoms with Gasteiger partial charge in [0.15, 0.2) is 0 Å². The second-order valence-electron chi connectivity index (χ2n) is 5.63. The second kappa shape index (κ2) is 8.53. The van der Waals surface area contributed by atoms with Crippen molar-refractivity contribution in [3.8, 4) is 5.75 Å². The summed E-state index contributed by atoms with van der Waals surface area (Å²) in [5, 5.41) is 3.16. The molecule has 0 spiro atoms. The van der Waals surface area contributed by atoms with Gasteiger partial charge >= 0.3 is 0 Å². The zero-order chi connectivity index (χ0) is 18.4. The molecule has 0 aromatic heterocycles. The van der Waals surface area contributed by atoms with Gasteiger partial charge in [-0.3, -0.25) is 9.59 Å². The molecular weight excluding hydrogens is 340 g/mol. The predicted octanol–water partition coefficient (Wildman–Crippen LogP) is 3.90. The van der Waals surface area contributed by atoms with Crippen LogP contribution in [0.15, 0.2) is 48.5 Å². The highest BCUT2D eigenvalue weighted by atomic mass is 35.5. The van der Waals surface area contributed by atoms with Gasteiger partial charge in [-0.05, 0) is 30.7 Å². The first-order valence-electron chi connectivity index (χ1n) is 7.88. The highest BCUT2D eigenvalue weighted by Gasteiger charge is 2.21. The molecule has 6 heteroatoms. The number of amides is 2. The molecule has 0 saturated heterocycles. The number of carbonyl (C=O) groups is 2. The van der Waals surface area contributed by atoms with E-state index in [-0.39, 0.29) is 24.4 Å². The highest BCUT2D eigenvalue weighted by Crippen LogP contribution is 2.27. The number of hydrogen-bond donors (Lipinski definition) is 1. The standard InChI is InChI=1S/C19H21ClN2O3/c1-13(15-7-5-4-6-8-15)22(14(2)23)12-19(24)21-16-9-10-18(25-3)17(20)11-16/h4-11,13H,12H2,1-3H3,(H,21,24). The Labute approximate surface area is 152 Å². The first-order valence-corrected chi connectivity index (χ1v) is 8.25. The number of anilines is 1. The number of hydrogen-bond acceptors (Lipinski definition) is 3.